The van der Waals surface area contributed by atoms with Gasteiger partial charge in [-0.3, -0.25) is 0 Å². The molecule has 0 aromatic heterocycles. The van der Waals surface area contributed by atoms with Gasteiger partial charge in [-0.25, -0.2) is 0 Å². The van der Waals surface area contributed by atoms with E-state index in [1.807, 2.05) is 22.3 Å². The molecule has 1 saturated heterocycles. The molecule has 0 saturated carbocycles. The predicted molar refractivity (Wildman–Crippen MR) is 130 cm³/mol. The third-order valence-electron chi connectivity index (χ3n) is 8.95. The molecule has 5 aliphatic rings. The molecule has 1 heterocycles. The Morgan fingerprint density at radius 3 is 2.00 bits per heavy atom. The number of hydrogen-bond acceptors (Lipinski definition) is 1. The second-order valence-electron chi connectivity index (χ2n) is 11.0. The molecular formula is C28H37NSi. The Morgan fingerprint density at radius 1 is 0.733 bits per heavy atom. The molecule has 1 unspecified atom stereocenters. The first-order chi connectivity index (χ1) is 14.7. The molecule has 1 atom stereocenters. The highest BCUT2D eigenvalue weighted by molar-refractivity contribution is 6.82. The summed E-state index contributed by atoms with van der Waals surface area (Å²) < 4.78 is 0. The molecule has 1 aromatic carbocycles. The second kappa shape index (κ2) is 7.26. The van der Waals surface area contributed by atoms with Crippen molar-refractivity contribution in [2.45, 2.75) is 88.4 Å². The lowest BCUT2D eigenvalue weighted by Gasteiger charge is -2.43. The number of likely N-dealkylation sites (tertiary alicyclic amines) is 1. The zero-order valence-electron chi connectivity index (χ0n) is 19.0. The lowest BCUT2D eigenvalue weighted by molar-refractivity contribution is 0.416. The first kappa shape index (κ1) is 19.2. The molecule has 158 valence electrons. The summed E-state index contributed by atoms with van der Waals surface area (Å²) >= 11 is 0. The van der Waals surface area contributed by atoms with E-state index in [4.69, 9.17) is 0 Å². The summed E-state index contributed by atoms with van der Waals surface area (Å²) in [4.78, 5) is 2.76. The van der Waals surface area contributed by atoms with Crippen molar-refractivity contribution in [3.05, 3.63) is 63.4 Å². The molecule has 1 fully saturated rings. The van der Waals surface area contributed by atoms with E-state index < -0.39 is 8.07 Å². The third kappa shape index (κ3) is 2.79. The van der Waals surface area contributed by atoms with Gasteiger partial charge in [0.05, 0.1) is 8.07 Å². The number of rotatable bonds is 3. The van der Waals surface area contributed by atoms with Gasteiger partial charge in [-0.15, -0.1) is 0 Å². The molecule has 0 N–H and O–H groups in total. The van der Waals surface area contributed by atoms with E-state index in [0.29, 0.717) is 5.54 Å². The van der Waals surface area contributed by atoms with Crippen LogP contribution in [0.4, 0.5) is 0 Å². The standard InChI is InChI=1S/C28H37NSi/c1-30(2,27-24-15-7-5-13-22(24)23-14-6-8-16-25(23)27)28-21-12-4-3-11-20(21)19-26(28)29-17-9-10-18-29/h3-4,11-12,19,27-28H,5-10,13-18H2,1-2H3. The highest BCUT2D eigenvalue weighted by Crippen LogP contribution is 2.60. The molecular weight excluding hydrogens is 378 g/mol. The van der Waals surface area contributed by atoms with Crippen LogP contribution in [0.1, 0.15) is 80.9 Å². The van der Waals surface area contributed by atoms with Crippen molar-refractivity contribution >= 4 is 14.1 Å². The highest BCUT2D eigenvalue weighted by atomic mass is 28.3. The smallest absolute Gasteiger partial charge is 0.0741 e. The molecule has 0 amide bonds. The van der Waals surface area contributed by atoms with Crippen molar-refractivity contribution in [2.24, 2.45) is 0 Å². The maximum atomic E-state index is 2.76. The van der Waals surface area contributed by atoms with Crippen molar-refractivity contribution in [3.8, 4) is 0 Å². The van der Waals surface area contributed by atoms with E-state index in [1.54, 1.807) is 11.3 Å². The Bertz CT molecular complexity index is 925. The zero-order valence-corrected chi connectivity index (χ0v) is 20.0. The number of hydrogen-bond donors (Lipinski definition) is 0. The normalized spacial score (nSPS) is 26.8. The molecule has 30 heavy (non-hydrogen) atoms. The van der Waals surface area contributed by atoms with E-state index in [-0.39, 0.29) is 0 Å². The highest BCUT2D eigenvalue weighted by Gasteiger charge is 2.51. The van der Waals surface area contributed by atoms with Crippen LogP contribution in [0.2, 0.25) is 18.6 Å². The summed E-state index contributed by atoms with van der Waals surface area (Å²) in [5.41, 5.74) is 13.9. The second-order valence-corrected chi connectivity index (χ2v) is 15.8. The maximum absolute atomic E-state index is 2.76. The van der Waals surface area contributed by atoms with Crippen molar-refractivity contribution in [3.63, 3.8) is 0 Å². The van der Waals surface area contributed by atoms with Crippen LogP contribution in [0.5, 0.6) is 0 Å². The summed E-state index contributed by atoms with van der Waals surface area (Å²) in [6.45, 7) is 8.07. The molecule has 4 aliphatic carbocycles. The SMILES string of the molecule is C[Si](C)(C1C2=C(CCCC2)C2=C1CCCC2)C1C(N2CCCC2)=Cc2ccccc21. The van der Waals surface area contributed by atoms with E-state index in [2.05, 4.69) is 48.3 Å². The number of fused-ring (bicyclic) bond motifs is 2. The summed E-state index contributed by atoms with van der Waals surface area (Å²) in [6, 6.07) is 9.38. The minimum absolute atomic E-state index is 0.668. The van der Waals surface area contributed by atoms with Crippen molar-refractivity contribution in [1.82, 2.24) is 4.90 Å². The monoisotopic (exact) mass is 415 g/mol. The van der Waals surface area contributed by atoms with Crippen LogP contribution in [0.15, 0.2) is 52.3 Å². The Balaban J connectivity index is 1.47. The number of nitrogens with zero attached hydrogens (tertiary/aromatic N) is 1. The maximum Gasteiger partial charge on any atom is 0.0741 e. The topological polar surface area (TPSA) is 3.24 Å². The summed E-state index contributed by atoms with van der Waals surface area (Å²) in [5.74, 6) is 0. The zero-order chi connectivity index (χ0) is 20.3. The van der Waals surface area contributed by atoms with Gasteiger partial charge in [0.25, 0.3) is 0 Å². The van der Waals surface area contributed by atoms with Crippen LogP contribution >= 0.6 is 0 Å². The fourth-order valence-corrected chi connectivity index (χ4v) is 12.7. The fourth-order valence-electron chi connectivity index (χ4n) is 7.80. The lowest BCUT2D eigenvalue weighted by atomic mass is 9.87. The van der Waals surface area contributed by atoms with Crippen molar-refractivity contribution < 1.29 is 0 Å². The van der Waals surface area contributed by atoms with Gasteiger partial charge < -0.3 is 4.90 Å². The average Bonchev–Trinajstić information content (AvgIpc) is 3.48. The molecule has 0 bridgehead atoms. The van der Waals surface area contributed by atoms with Gasteiger partial charge in [-0.05, 0) is 98.1 Å². The van der Waals surface area contributed by atoms with E-state index in [9.17, 15) is 0 Å². The van der Waals surface area contributed by atoms with Crippen LogP contribution < -0.4 is 0 Å². The first-order valence-electron chi connectivity index (χ1n) is 12.7. The van der Waals surface area contributed by atoms with Crippen molar-refractivity contribution in [2.75, 3.05) is 13.1 Å². The summed E-state index contributed by atoms with van der Waals surface area (Å²) in [5, 5.41) is 0. The Kier molecular flexibility index (Phi) is 4.64. The van der Waals surface area contributed by atoms with Crippen LogP contribution in [0, 0.1) is 0 Å². The van der Waals surface area contributed by atoms with Crippen LogP contribution in [-0.4, -0.2) is 26.1 Å². The van der Waals surface area contributed by atoms with Gasteiger partial charge in [0.15, 0.2) is 0 Å². The van der Waals surface area contributed by atoms with Gasteiger partial charge in [0.2, 0.25) is 0 Å². The molecule has 1 aromatic rings. The third-order valence-corrected chi connectivity index (χ3v) is 13.2. The lowest BCUT2D eigenvalue weighted by Crippen LogP contribution is -2.44. The quantitative estimate of drug-likeness (QED) is 0.460. The molecule has 0 radical (unpaired) electrons. The predicted octanol–water partition coefficient (Wildman–Crippen LogP) is 7.59. The van der Waals surface area contributed by atoms with Crippen LogP contribution in [-0.2, 0) is 0 Å². The van der Waals surface area contributed by atoms with Crippen LogP contribution in [0.3, 0.4) is 0 Å². The number of benzene rings is 1. The van der Waals surface area contributed by atoms with Gasteiger partial charge in [0, 0.05) is 24.3 Å². The largest absolute Gasteiger partial charge is 0.375 e. The van der Waals surface area contributed by atoms with Gasteiger partial charge in [0.1, 0.15) is 0 Å². The number of allylic oxidation sites excluding steroid dienone is 5. The summed E-state index contributed by atoms with van der Waals surface area (Å²) in [6.07, 6.45) is 16.6. The molecule has 1 aliphatic heterocycles. The molecule has 6 rings (SSSR count). The van der Waals surface area contributed by atoms with Crippen LogP contribution in [0.25, 0.3) is 6.08 Å². The van der Waals surface area contributed by atoms with E-state index >= 15 is 0 Å². The first-order valence-corrected chi connectivity index (χ1v) is 15.8. The fraction of sp³-hybridized carbons (Fsp3) is 0.571. The van der Waals surface area contributed by atoms with Gasteiger partial charge in [-0.1, -0.05) is 48.5 Å². The van der Waals surface area contributed by atoms with E-state index in [0.717, 1.165) is 5.54 Å². The Labute approximate surface area is 184 Å². The summed E-state index contributed by atoms with van der Waals surface area (Å²) in [7, 11) is -1.66. The molecule has 1 nitrogen and oxygen atoms in total. The Hall–Kier alpha value is -1.54. The molecule has 0 spiro atoms. The van der Waals surface area contributed by atoms with Gasteiger partial charge >= 0.3 is 0 Å². The average molecular weight is 416 g/mol. The van der Waals surface area contributed by atoms with Crippen molar-refractivity contribution in [1.29, 1.82) is 0 Å². The molecule has 2 heteroatoms. The van der Waals surface area contributed by atoms with Gasteiger partial charge in [-0.2, -0.15) is 0 Å². The van der Waals surface area contributed by atoms with E-state index in [1.165, 1.54) is 82.9 Å². The Morgan fingerprint density at radius 2 is 1.33 bits per heavy atom. The minimum Gasteiger partial charge on any atom is -0.375 e. The minimum atomic E-state index is -1.66.